The molecule has 1 heterocycles. The Hall–Kier alpha value is -1.55. The first kappa shape index (κ1) is 12.9. The average molecular weight is 249 g/mol. The minimum atomic E-state index is -0.921. The molecule has 0 bridgehead atoms. The van der Waals surface area contributed by atoms with Crippen LogP contribution in [0.15, 0.2) is 24.3 Å². The number of β-amino-alcohol motifs (C(OH)–C–C–N with tert-alkyl or cyclic N) is 1. The van der Waals surface area contributed by atoms with Crippen molar-refractivity contribution in [3.8, 4) is 5.75 Å². The first-order valence-corrected chi connectivity index (χ1v) is 6.16. The van der Waals surface area contributed by atoms with Gasteiger partial charge in [-0.2, -0.15) is 0 Å². The molecular formula is C14H19NO3. The molecule has 1 amide bonds. The van der Waals surface area contributed by atoms with Crippen LogP contribution in [-0.4, -0.2) is 41.2 Å². The van der Waals surface area contributed by atoms with Crippen LogP contribution < -0.4 is 4.74 Å². The third-order valence-electron chi connectivity index (χ3n) is 3.27. The van der Waals surface area contributed by atoms with E-state index in [4.69, 9.17) is 4.74 Å². The quantitative estimate of drug-likeness (QED) is 0.880. The van der Waals surface area contributed by atoms with E-state index in [9.17, 15) is 9.90 Å². The van der Waals surface area contributed by atoms with Crippen molar-refractivity contribution in [1.29, 1.82) is 0 Å². The van der Waals surface area contributed by atoms with E-state index in [0.29, 0.717) is 19.5 Å². The number of ether oxygens (including phenoxy) is 1. The molecule has 0 unspecified atom stereocenters. The van der Waals surface area contributed by atoms with Crippen molar-refractivity contribution in [3.05, 3.63) is 29.8 Å². The molecule has 2 rings (SSSR count). The number of aryl methyl sites for hydroxylation is 1. The Bertz CT molecular complexity index is 446. The molecule has 4 nitrogen and oxygen atoms in total. The van der Waals surface area contributed by atoms with Crippen molar-refractivity contribution in [1.82, 2.24) is 4.90 Å². The fraction of sp³-hybridized carbons (Fsp3) is 0.500. The van der Waals surface area contributed by atoms with Crippen molar-refractivity contribution < 1.29 is 14.6 Å². The van der Waals surface area contributed by atoms with Crippen molar-refractivity contribution in [2.45, 2.75) is 25.9 Å². The summed E-state index contributed by atoms with van der Waals surface area (Å²) >= 11 is 0. The Kier molecular flexibility index (Phi) is 3.57. The van der Waals surface area contributed by atoms with E-state index in [-0.39, 0.29) is 12.5 Å². The van der Waals surface area contributed by atoms with Crippen molar-refractivity contribution in [2.75, 3.05) is 19.7 Å². The van der Waals surface area contributed by atoms with Crippen LogP contribution >= 0.6 is 0 Å². The normalized spacial score (nSPS) is 23.2. The Morgan fingerprint density at radius 1 is 1.56 bits per heavy atom. The van der Waals surface area contributed by atoms with Crippen LogP contribution in [-0.2, 0) is 4.79 Å². The number of hydrogen-bond donors (Lipinski definition) is 1. The minimum Gasteiger partial charge on any atom is -0.491 e. The lowest BCUT2D eigenvalue weighted by Crippen LogP contribution is -2.40. The van der Waals surface area contributed by atoms with Gasteiger partial charge in [0.25, 0.3) is 0 Å². The smallest absolute Gasteiger partial charge is 0.219 e. The molecule has 18 heavy (non-hydrogen) atoms. The van der Waals surface area contributed by atoms with E-state index in [1.807, 2.05) is 31.2 Å². The fourth-order valence-electron chi connectivity index (χ4n) is 2.17. The van der Waals surface area contributed by atoms with Crippen molar-refractivity contribution in [3.63, 3.8) is 0 Å². The monoisotopic (exact) mass is 249 g/mol. The van der Waals surface area contributed by atoms with Crippen molar-refractivity contribution >= 4 is 5.91 Å². The molecule has 1 atom stereocenters. The molecule has 1 aliphatic rings. The van der Waals surface area contributed by atoms with Crippen molar-refractivity contribution in [2.24, 2.45) is 0 Å². The number of carbonyl (C=O) groups excluding carboxylic acids is 1. The lowest BCUT2D eigenvalue weighted by atomic mass is 10.1. The van der Waals surface area contributed by atoms with Gasteiger partial charge in [0.2, 0.25) is 5.91 Å². The SMILES string of the molecule is CC(=O)N1CC[C@@](O)(COc2cccc(C)c2)C1. The van der Waals surface area contributed by atoms with Crippen LogP contribution in [0.5, 0.6) is 5.75 Å². The van der Waals surface area contributed by atoms with Gasteiger partial charge in [0.15, 0.2) is 0 Å². The minimum absolute atomic E-state index is 0.00137. The zero-order valence-electron chi connectivity index (χ0n) is 10.8. The van der Waals surface area contributed by atoms with E-state index in [0.717, 1.165) is 11.3 Å². The summed E-state index contributed by atoms with van der Waals surface area (Å²) in [5, 5.41) is 10.3. The molecule has 0 saturated carbocycles. The maximum Gasteiger partial charge on any atom is 0.219 e. The van der Waals surface area contributed by atoms with Crippen LogP contribution in [0.2, 0.25) is 0 Å². The number of nitrogens with zero attached hydrogens (tertiary/aromatic N) is 1. The lowest BCUT2D eigenvalue weighted by Gasteiger charge is -2.23. The van der Waals surface area contributed by atoms with E-state index < -0.39 is 5.60 Å². The maximum atomic E-state index is 11.2. The molecule has 0 aliphatic carbocycles. The number of aliphatic hydroxyl groups is 1. The second-order valence-electron chi connectivity index (χ2n) is 5.02. The summed E-state index contributed by atoms with van der Waals surface area (Å²) in [6.45, 7) is 4.69. The van der Waals surface area contributed by atoms with Gasteiger partial charge in [0, 0.05) is 13.5 Å². The van der Waals surface area contributed by atoms with Crippen LogP contribution in [0.3, 0.4) is 0 Å². The molecule has 1 N–H and O–H groups in total. The fourth-order valence-corrected chi connectivity index (χ4v) is 2.17. The standard InChI is InChI=1S/C14H19NO3/c1-11-4-3-5-13(8-11)18-10-14(17)6-7-15(9-14)12(2)16/h3-5,8,17H,6-7,9-10H2,1-2H3/t14-/m0/s1. The zero-order valence-corrected chi connectivity index (χ0v) is 10.8. The number of carbonyl (C=O) groups is 1. The molecule has 0 radical (unpaired) electrons. The molecule has 1 fully saturated rings. The Balaban J connectivity index is 1.92. The molecule has 1 aromatic carbocycles. The van der Waals surface area contributed by atoms with E-state index in [1.165, 1.54) is 6.92 Å². The molecule has 1 aliphatic heterocycles. The average Bonchev–Trinajstić information content (AvgIpc) is 2.71. The summed E-state index contributed by atoms with van der Waals surface area (Å²) in [6, 6.07) is 7.72. The molecule has 1 aromatic rings. The van der Waals surface area contributed by atoms with Gasteiger partial charge in [0.1, 0.15) is 18.0 Å². The number of benzene rings is 1. The summed E-state index contributed by atoms with van der Waals surface area (Å²) in [4.78, 5) is 12.9. The second-order valence-corrected chi connectivity index (χ2v) is 5.02. The van der Waals surface area contributed by atoms with Gasteiger partial charge in [-0.3, -0.25) is 4.79 Å². The number of amides is 1. The number of hydrogen-bond acceptors (Lipinski definition) is 3. The highest BCUT2D eigenvalue weighted by Crippen LogP contribution is 2.23. The first-order valence-electron chi connectivity index (χ1n) is 6.16. The number of rotatable bonds is 3. The third-order valence-corrected chi connectivity index (χ3v) is 3.27. The Morgan fingerprint density at radius 2 is 2.33 bits per heavy atom. The topological polar surface area (TPSA) is 49.8 Å². The molecule has 0 aromatic heterocycles. The number of likely N-dealkylation sites (tertiary alicyclic amines) is 1. The maximum absolute atomic E-state index is 11.2. The van der Waals surface area contributed by atoms with Gasteiger partial charge < -0.3 is 14.7 Å². The van der Waals surface area contributed by atoms with Gasteiger partial charge >= 0.3 is 0 Å². The van der Waals surface area contributed by atoms with Crippen LogP contribution in [0, 0.1) is 6.92 Å². The summed E-state index contributed by atoms with van der Waals surface area (Å²) in [5.74, 6) is 0.756. The van der Waals surface area contributed by atoms with E-state index >= 15 is 0 Å². The molecule has 4 heteroatoms. The van der Waals surface area contributed by atoms with Gasteiger partial charge in [-0.05, 0) is 31.0 Å². The summed E-state index contributed by atoms with van der Waals surface area (Å²) in [6.07, 6.45) is 0.568. The molecule has 1 saturated heterocycles. The molecular weight excluding hydrogens is 230 g/mol. The largest absolute Gasteiger partial charge is 0.491 e. The summed E-state index contributed by atoms with van der Waals surface area (Å²) in [7, 11) is 0. The highest BCUT2D eigenvalue weighted by Gasteiger charge is 2.37. The van der Waals surface area contributed by atoms with E-state index in [2.05, 4.69) is 0 Å². The van der Waals surface area contributed by atoms with Crippen LogP contribution in [0.25, 0.3) is 0 Å². The van der Waals surface area contributed by atoms with Crippen LogP contribution in [0.1, 0.15) is 18.9 Å². The van der Waals surface area contributed by atoms with Gasteiger partial charge in [-0.25, -0.2) is 0 Å². The summed E-state index contributed by atoms with van der Waals surface area (Å²) in [5.41, 5.74) is 0.200. The Labute approximate surface area is 107 Å². The predicted octanol–water partition coefficient (Wildman–Crippen LogP) is 1.36. The lowest BCUT2D eigenvalue weighted by molar-refractivity contribution is -0.129. The van der Waals surface area contributed by atoms with Gasteiger partial charge in [-0.15, -0.1) is 0 Å². The second kappa shape index (κ2) is 4.98. The zero-order chi connectivity index (χ0) is 13.2. The molecule has 98 valence electrons. The summed E-state index contributed by atoms with van der Waals surface area (Å²) < 4.78 is 5.61. The van der Waals surface area contributed by atoms with Gasteiger partial charge in [-0.1, -0.05) is 12.1 Å². The third kappa shape index (κ3) is 3.01. The van der Waals surface area contributed by atoms with Crippen LogP contribution in [0.4, 0.5) is 0 Å². The molecule has 0 spiro atoms. The first-order chi connectivity index (χ1) is 8.48. The van der Waals surface area contributed by atoms with E-state index in [1.54, 1.807) is 4.90 Å². The Morgan fingerprint density at radius 3 is 2.94 bits per heavy atom. The highest BCUT2D eigenvalue weighted by atomic mass is 16.5. The highest BCUT2D eigenvalue weighted by molar-refractivity contribution is 5.73. The predicted molar refractivity (Wildman–Crippen MR) is 68.5 cm³/mol. The van der Waals surface area contributed by atoms with Gasteiger partial charge in [0.05, 0.1) is 6.54 Å².